The fraction of sp³-hybridized carbons (Fsp3) is 0.476. The van der Waals surface area contributed by atoms with Gasteiger partial charge in [-0.25, -0.2) is 13.8 Å². The molecular weight excluding hydrogens is 433 g/mol. The molecule has 4 nitrogen and oxygen atoms in total. The minimum Gasteiger partial charge on any atom is -0.368 e. The van der Waals surface area contributed by atoms with Gasteiger partial charge in [-0.1, -0.05) is 24.1 Å². The highest BCUT2D eigenvalue weighted by molar-refractivity contribution is 8.00. The lowest BCUT2D eigenvalue weighted by Gasteiger charge is -2.45. The van der Waals surface area contributed by atoms with Crippen molar-refractivity contribution < 1.29 is 13.2 Å². The van der Waals surface area contributed by atoms with Gasteiger partial charge >= 0.3 is 0 Å². The molecule has 1 aliphatic heterocycles. The van der Waals surface area contributed by atoms with Crippen LogP contribution in [-0.2, 0) is 0 Å². The molecule has 1 aromatic heterocycles. The first-order valence-electron chi connectivity index (χ1n) is 9.99. The van der Waals surface area contributed by atoms with E-state index >= 15 is 0 Å². The van der Waals surface area contributed by atoms with E-state index in [1.807, 2.05) is 4.90 Å². The molecule has 1 aliphatic carbocycles. The fourth-order valence-corrected chi connectivity index (χ4v) is 5.10. The van der Waals surface area contributed by atoms with E-state index in [9.17, 15) is 13.2 Å². The number of nitrogens with one attached hydrogen (secondary N) is 1. The molecule has 0 bridgehead atoms. The Labute approximate surface area is 183 Å². The maximum Gasteiger partial charge on any atom is 0.214 e. The molecule has 2 aromatic rings. The first-order chi connectivity index (χ1) is 14.3. The third-order valence-corrected chi connectivity index (χ3v) is 7.59. The van der Waals surface area contributed by atoms with E-state index in [0.29, 0.717) is 36.8 Å². The van der Waals surface area contributed by atoms with Crippen molar-refractivity contribution >= 4 is 35.1 Å². The van der Waals surface area contributed by atoms with Crippen molar-refractivity contribution in [2.45, 2.75) is 49.1 Å². The maximum atomic E-state index is 14.9. The molecular formula is C21H24ClF3N4S. The molecule has 0 spiro atoms. The molecule has 1 saturated carbocycles. The van der Waals surface area contributed by atoms with Crippen LogP contribution in [0.1, 0.15) is 32.6 Å². The molecule has 162 valence electrons. The summed E-state index contributed by atoms with van der Waals surface area (Å²) in [5, 5.41) is -0.108. The van der Waals surface area contributed by atoms with Crippen LogP contribution in [0.25, 0.3) is 0 Å². The molecule has 30 heavy (non-hydrogen) atoms. The molecule has 0 radical (unpaired) electrons. The SMILES string of the molecule is CN(C1CCC1)C1(C)CCN(c2cc(F)c(SNc3cccc(F)n3)c(F)c2Cl)C1. The molecule has 1 N–H and O–H groups in total. The Kier molecular flexibility index (Phi) is 6.10. The number of anilines is 2. The zero-order chi connectivity index (χ0) is 21.5. The third-order valence-electron chi connectivity index (χ3n) is 6.34. The van der Waals surface area contributed by atoms with Crippen LogP contribution >= 0.6 is 23.5 Å². The number of nitrogens with zero attached hydrogens (tertiary/aromatic N) is 3. The highest BCUT2D eigenvalue weighted by atomic mass is 35.5. The van der Waals surface area contributed by atoms with Crippen molar-refractivity contribution in [2.75, 3.05) is 29.8 Å². The van der Waals surface area contributed by atoms with Crippen molar-refractivity contribution in [1.29, 1.82) is 0 Å². The van der Waals surface area contributed by atoms with E-state index in [1.165, 1.54) is 43.5 Å². The van der Waals surface area contributed by atoms with Gasteiger partial charge in [0, 0.05) is 30.7 Å². The molecule has 1 unspecified atom stereocenters. The number of pyridine rings is 1. The zero-order valence-corrected chi connectivity index (χ0v) is 18.5. The van der Waals surface area contributed by atoms with Crippen LogP contribution in [0.3, 0.4) is 0 Å². The van der Waals surface area contributed by atoms with Gasteiger partial charge in [0.25, 0.3) is 0 Å². The number of rotatable bonds is 6. The molecule has 2 fully saturated rings. The van der Waals surface area contributed by atoms with Crippen LogP contribution in [0, 0.1) is 17.6 Å². The van der Waals surface area contributed by atoms with Crippen LogP contribution in [0.15, 0.2) is 29.2 Å². The Morgan fingerprint density at radius 1 is 1.30 bits per heavy atom. The maximum absolute atomic E-state index is 14.9. The predicted molar refractivity (Wildman–Crippen MR) is 116 cm³/mol. The average Bonchev–Trinajstić information content (AvgIpc) is 3.06. The lowest BCUT2D eigenvalue weighted by molar-refractivity contribution is 0.0584. The Hall–Kier alpha value is -1.64. The number of hydrogen-bond donors (Lipinski definition) is 1. The van der Waals surface area contributed by atoms with Gasteiger partial charge < -0.3 is 9.62 Å². The second-order valence-electron chi connectivity index (χ2n) is 8.25. The summed E-state index contributed by atoms with van der Waals surface area (Å²) in [5.41, 5.74) is 0.310. The molecule has 4 rings (SSSR count). The fourth-order valence-electron chi connectivity index (χ4n) is 4.11. The lowest BCUT2D eigenvalue weighted by Crippen LogP contribution is -2.53. The van der Waals surface area contributed by atoms with E-state index in [-0.39, 0.29) is 21.3 Å². The summed E-state index contributed by atoms with van der Waals surface area (Å²) in [6, 6.07) is 6.02. The minimum absolute atomic E-state index is 0.0562. The summed E-state index contributed by atoms with van der Waals surface area (Å²) >= 11 is 7.00. The summed E-state index contributed by atoms with van der Waals surface area (Å²) in [4.78, 5) is 7.72. The van der Waals surface area contributed by atoms with E-state index in [0.717, 1.165) is 6.42 Å². The molecule has 9 heteroatoms. The number of benzene rings is 1. The van der Waals surface area contributed by atoms with Crippen LogP contribution in [-0.4, -0.2) is 41.6 Å². The van der Waals surface area contributed by atoms with Gasteiger partial charge in [0.05, 0.1) is 5.69 Å². The van der Waals surface area contributed by atoms with Gasteiger partial charge in [0.1, 0.15) is 21.6 Å². The molecule has 1 aromatic carbocycles. The van der Waals surface area contributed by atoms with Crippen molar-refractivity contribution in [1.82, 2.24) is 9.88 Å². The minimum atomic E-state index is -0.832. The standard InChI is InChI=1S/C21H24ClF3N4S/c1-21(28(2)13-5-3-6-13)9-10-29(12-21)15-11-14(23)20(19(25)18(15)22)30-27-17-8-4-7-16(24)26-17/h4,7-8,11,13H,3,5-6,9-10,12H2,1-2H3,(H,26,27). The first-order valence-corrected chi connectivity index (χ1v) is 11.2. The van der Waals surface area contributed by atoms with E-state index in [4.69, 9.17) is 11.6 Å². The second-order valence-corrected chi connectivity index (χ2v) is 9.44. The smallest absolute Gasteiger partial charge is 0.214 e. The van der Waals surface area contributed by atoms with Crippen LogP contribution in [0.4, 0.5) is 24.7 Å². The van der Waals surface area contributed by atoms with E-state index in [1.54, 1.807) is 0 Å². The van der Waals surface area contributed by atoms with Gasteiger partial charge in [-0.15, -0.1) is 0 Å². The Morgan fingerprint density at radius 2 is 2.07 bits per heavy atom. The normalized spacial score (nSPS) is 21.9. The van der Waals surface area contributed by atoms with Gasteiger partial charge in [0.15, 0.2) is 5.82 Å². The van der Waals surface area contributed by atoms with Crippen LogP contribution in [0.2, 0.25) is 5.02 Å². The molecule has 2 aliphatic rings. The lowest BCUT2D eigenvalue weighted by atomic mass is 9.87. The summed E-state index contributed by atoms with van der Waals surface area (Å²) in [6.07, 6.45) is 4.57. The number of hydrogen-bond acceptors (Lipinski definition) is 5. The molecule has 2 heterocycles. The van der Waals surface area contributed by atoms with Gasteiger partial charge in [-0.2, -0.15) is 4.39 Å². The van der Waals surface area contributed by atoms with Crippen molar-refractivity contribution in [3.63, 3.8) is 0 Å². The number of aromatic nitrogens is 1. The highest BCUT2D eigenvalue weighted by Crippen LogP contribution is 2.41. The van der Waals surface area contributed by atoms with Crippen LogP contribution < -0.4 is 9.62 Å². The second kappa shape index (κ2) is 8.48. The average molecular weight is 457 g/mol. The monoisotopic (exact) mass is 456 g/mol. The first kappa shape index (κ1) is 21.6. The Balaban J connectivity index is 1.51. The van der Waals surface area contributed by atoms with Crippen molar-refractivity contribution in [3.8, 4) is 0 Å². The third kappa shape index (κ3) is 4.09. The van der Waals surface area contributed by atoms with Crippen molar-refractivity contribution in [2.24, 2.45) is 0 Å². The molecule has 1 saturated heterocycles. The number of halogens is 4. The Morgan fingerprint density at radius 3 is 2.73 bits per heavy atom. The van der Waals surface area contributed by atoms with Crippen molar-refractivity contribution in [3.05, 3.63) is 46.9 Å². The zero-order valence-electron chi connectivity index (χ0n) is 16.9. The topological polar surface area (TPSA) is 31.4 Å². The highest BCUT2D eigenvalue weighted by Gasteiger charge is 2.42. The Bertz CT molecular complexity index is 943. The van der Waals surface area contributed by atoms with E-state index in [2.05, 4.69) is 28.6 Å². The van der Waals surface area contributed by atoms with Crippen LogP contribution in [0.5, 0.6) is 0 Å². The molecule has 1 atom stereocenters. The summed E-state index contributed by atoms with van der Waals surface area (Å²) in [5.74, 6) is -2.07. The van der Waals surface area contributed by atoms with Gasteiger partial charge in [-0.05, 0) is 57.3 Å². The number of likely N-dealkylation sites (N-methyl/N-ethyl adjacent to an activating group) is 1. The summed E-state index contributed by atoms with van der Waals surface area (Å²) in [7, 11) is 2.14. The largest absolute Gasteiger partial charge is 0.368 e. The van der Waals surface area contributed by atoms with E-state index < -0.39 is 17.6 Å². The van der Waals surface area contributed by atoms with Gasteiger partial charge in [-0.3, -0.25) is 4.90 Å². The van der Waals surface area contributed by atoms with Gasteiger partial charge in [0.2, 0.25) is 5.95 Å². The predicted octanol–water partition coefficient (Wildman–Crippen LogP) is 5.72. The summed E-state index contributed by atoms with van der Waals surface area (Å²) < 4.78 is 45.6. The quantitative estimate of drug-likeness (QED) is 0.341. The summed E-state index contributed by atoms with van der Waals surface area (Å²) in [6.45, 7) is 3.55. The molecule has 0 amide bonds.